The maximum Gasteiger partial charge on any atom is 0.258 e. The van der Waals surface area contributed by atoms with E-state index in [1.54, 1.807) is 0 Å². The van der Waals surface area contributed by atoms with Crippen molar-refractivity contribution in [3.05, 3.63) is 24.0 Å². The Morgan fingerprint density at radius 2 is 2.19 bits per heavy atom. The Balaban J connectivity index is 1.77. The van der Waals surface area contributed by atoms with E-state index in [1.165, 1.54) is 11.3 Å². The topological polar surface area (TPSA) is 77.8 Å². The fourth-order valence-corrected chi connectivity index (χ4v) is 3.55. The monoisotopic (exact) mass is 320 g/mol. The molecule has 0 aliphatic heterocycles. The molecule has 3 aromatic rings. The lowest BCUT2D eigenvalue weighted by Gasteiger charge is -2.00. The van der Waals surface area contributed by atoms with E-state index in [2.05, 4.69) is 29.0 Å². The average Bonchev–Trinajstić information content (AvgIpc) is 3.02. The number of nitrogens with zero attached hydrogens (tertiary/aromatic N) is 3. The van der Waals surface area contributed by atoms with Crippen molar-refractivity contribution in [3.63, 3.8) is 0 Å². The largest absolute Gasteiger partial charge is 0.375 e. The van der Waals surface area contributed by atoms with Gasteiger partial charge in [0.05, 0.1) is 16.0 Å². The van der Waals surface area contributed by atoms with Crippen molar-refractivity contribution in [2.24, 2.45) is 5.92 Å². The van der Waals surface area contributed by atoms with Gasteiger partial charge in [0.25, 0.3) is 5.89 Å². The van der Waals surface area contributed by atoms with Gasteiger partial charge in [-0.05, 0) is 29.9 Å². The molecular formula is C14H16N4OS2. The number of hydrogen-bond acceptors (Lipinski definition) is 7. The Bertz CT molecular complexity index is 750. The number of rotatable bonds is 5. The van der Waals surface area contributed by atoms with Gasteiger partial charge in [-0.15, -0.1) is 0 Å². The van der Waals surface area contributed by atoms with Crippen molar-refractivity contribution in [2.75, 3.05) is 11.5 Å². The van der Waals surface area contributed by atoms with Crippen molar-refractivity contribution in [3.8, 4) is 11.5 Å². The summed E-state index contributed by atoms with van der Waals surface area (Å²) in [5, 5.41) is 4.60. The highest BCUT2D eigenvalue weighted by molar-refractivity contribution is 7.98. The third-order valence-corrected chi connectivity index (χ3v) is 5.01. The van der Waals surface area contributed by atoms with Crippen LogP contribution < -0.4 is 5.73 Å². The van der Waals surface area contributed by atoms with Crippen molar-refractivity contribution in [1.82, 2.24) is 15.1 Å². The first kappa shape index (κ1) is 14.3. The Kier molecular flexibility index (Phi) is 4.12. The zero-order chi connectivity index (χ0) is 14.8. The van der Waals surface area contributed by atoms with E-state index in [0.29, 0.717) is 16.9 Å². The standard InChI is InChI=1S/C14H16N4OS2/c1-8(2)6-20-7-12-17-13(19-18-12)9-3-4-10-11(5-9)21-14(15)16-10/h3-5,8H,6-7H2,1-2H3,(H2,15,16). The van der Waals surface area contributed by atoms with Crippen LogP contribution in [0.4, 0.5) is 5.13 Å². The molecule has 0 aliphatic carbocycles. The zero-order valence-electron chi connectivity index (χ0n) is 11.9. The number of hydrogen-bond donors (Lipinski definition) is 1. The molecular weight excluding hydrogens is 304 g/mol. The van der Waals surface area contributed by atoms with Gasteiger partial charge in [-0.2, -0.15) is 16.7 Å². The second-order valence-corrected chi connectivity index (χ2v) is 7.25. The molecule has 7 heteroatoms. The molecule has 2 aromatic heterocycles. The van der Waals surface area contributed by atoms with E-state index in [0.717, 1.165) is 33.1 Å². The van der Waals surface area contributed by atoms with Crippen LogP contribution in [0, 0.1) is 5.92 Å². The molecule has 0 atom stereocenters. The maximum atomic E-state index is 5.72. The third-order valence-electron chi connectivity index (χ3n) is 2.80. The first-order chi connectivity index (χ1) is 10.1. The normalized spacial score (nSPS) is 11.6. The van der Waals surface area contributed by atoms with Crippen LogP contribution in [0.1, 0.15) is 19.7 Å². The van der Waals surface area contributed by atoms with E-state index in [9.17, 15) is 0 Å². The number of fused-ring (bicyclic) bond motifs is 1. The third kappa shape index (κ3) is 3.36. The van der Waals surface area contributed by atoms with Gasteiger partial charge in [0, 0.05) is 5.56 Å². The molecule has 3 rings (SSSR count). The summed E-state index contributed by atoms with van der Waals surface area (Å²) in [7, 11) is 0. The minimum Gasteiger partial charge on any atom is -0.375 e. The lowest BCUT2D eigenvalue weighted by molar-refractivity contribution is 0.425. The number of thioether (sulfide) groups is 1. The van der Waals surface area contributed by atoms with Gasteiger partial charge in [0.15, 0.2) is 11.0 Å². The van der Waals surface area contributed by atoms with Crippen LogP contribution >= 0.6 is 23.1 Å². The van der Waals surface area contributed by atoms with E-state index >= 15 is 0 Å². The number of benzene rings is 1. The number of aromatic nitrogens is 3. The molecule has 0 fully saturated rings. The van der Waals surface area contributed by atoms with Gasteiger partial charge in [0.2, 0.25) is 0 Å². The van der Waals surface area contributed by atoms with Crippen molar-refractivity contribution in [2.45, 2.75) is 19.6 Å². The smallest absolute Gasteiger partial charge is 0.258 e. The SMILES string of the molecule is CC(C)CSCc1noc(-c2ccc3nc(N)sc3c2)n1. The summed E-state index contributed by atoms with van der Waals surface area (Å²) in [6.45, 7) is 4.40. The van der Waals surface area contributed by atoms with Crippen molar-refractivity contribution < 1.29 is 4.52 Å². The lowest BCUT2D eigenvalue weighted by Crippen LogP contribution is -1.92. The summed E-state index contributed by atoms with van der Waals surface area (Å²) in [4.78, 5) is 8.68. The quantitative estimate of drug-likeness (QED) is 0.770. The van der Waals surface area contributed by atoms with Crippen LogP contribution in [-0.2, 0) is 5.75 Å². The molecule has 0 radical (unpaired) electrons. The lowest BCUT2D eigenvalue weighted by atomic mass is 10.2. The fourth-order valence-electron chi connectivity index (χ4n) is 1.89. The second-order valence-electron chi connectivity index (χ2n) is 5.16. The minimum atomic E-state index is 0.545. The molecule has 2 heterocycles. The molecule has 0 amide bonds. The summed E-state index contributed by atoms with van der Waals surface area (Å²) in [6, 6.07) is 5.84. The predicted octanol–water partition coefficient (Wildman–Crippen LogP) is 3.82. The van der Waals surface area contributed by atoms with E-state index < -0.39 is 0 Å². The molecule has 0 aliphatic rings. The van der Waals surface area contributed by atoms with E-state index in [4.69, 9.17) is 10.3 Å². The molecule has 0 spiro atoms. The van der Waals surface area contributed by atoms with Gasteiger partial charge in [0.1, 0.15) is 0 Å². The highest BCUT2D eigenvalue weighted by Crippen LogP contribution is 2.28. The second kappa shape index (κ2) is 6.03. The summed E-state index contributed by atoms with van der Waals surface area (Å²) < 4.78 is 6.37. The van der Waals surface area contributed by atoms with Gasteiger partial charge in [-0.3, -0.25) is 0 Å². The van der Waals surface area contributed by atoms with Gasteiger partial charge in [-0.25, -0.2) is 4.98 Å². The summed E-state index contributed by atoms with van der Waals surface area (Å²) in [6.07, 6.45) is 0. The van der Waals surface area contributed by atoms with Gasteiger partial charge in [-0.1, -0.05) is 30.3 Å². The maximum absolute atomic E-state index is 5.72. The predicted molar refractivity (Wildman–Crippen MR) is 88.3 cm³/mol. The van der Waals surface area contributed by atoms with E-state index in [1.807, 2.05) is 30.0 Å². The molecule has 0 unspecified atom stereocenters. The van der Waals surface area contributed by atoms with Crippen molar-refractivity contribution >= 4 is 38.4 Å². The van der Waals surface area contributed by atoms with Crippen molar-refractivity contribution in [1.29, 1.82) is 0 Å². The Morgan fingerprint density at radius 3 is 3.00 bits per heavy atom. The number of anilines is 1. The molecule has 5 nitrogen and oxygen atoms in total. The number of nitrogens with two attached hydrogens (primary N) is 1. The Morgan fingerprint density at radius 1 is 1.33 bits per heavy atom. The van der Waals surface area contributed by atoms with Crippen LogP contribution in [0.15, 0.2) is 22.7 Å². The van der Waals surface area contributed by atoms with Crippen LogP contribution in [0.2, 0.25) is 0 Å². The van der Waals surface area contributed by atoms with E-state index in [-0.39, 0.29) is 0 Å². The molecule has 2 N–H and O–H groups in total. The van der Waals surface area contributed by atoms with Crippen LogP contribution in [0.5, 0.6) is 0 Å². The molecule has 1 aromatic carbocycles. The first-order valence-corrected chi connectivity index (χ1v) is 8.65. The van der Waals surface area contributed by atoms with Gasteiger partial charge >= 0.3 is 0 Å². The molecule has 110 valence electrons. The highest BCUT2D eigenvalue weighted by atomic mass is 32.2. The molecule has 0 saturated heterocycles. The van der Waals surface area contributed by atoms with Crippen LogP contribution in [0.25, 0.3) is 21.7 Å². The first-order valence-electron chi connectivity index (χ1n) is 6.68. The summed E-state index contributed by atoms with van der Waals surface area (Å²) in [5.74, 6) is 3.82. The fraction of sp³-hybridized carbons (Fsp3) is 0.357. The summed E-state index contributed by atoms with van der Waals surface area (Å²) >= 11 is 3.28. The minimum absolute atomic E-state index is 0.545. The number of thiazole rings is 1. The molecule has 0 bridgehead atoms. The van der Waals surface area contributed by atoms with Crippen LogP contribution in [0.3, 0.4) is 0 Å². The molecule has 21 heavy (non-hydrogen) atoms. The highest BCUT2D eigenvalue weighted by Gasteiger charge is 2.11. The Hall–Kier alpha value is -1.60. The average molecular weight is 320 g/mol. The summed E-state index contributed by atoms with van der Waals surface area (Å²) in [5.41, 5.74) is 7.51. The Labute approximate surface area is 131 Å². The zero-order valence-corrected chi connectivity index (χ0v) is 13.5. The number of nitrogen functional groups attached to an aromatic ring is 1. The molecule has 0 saturated carbocycles. The van der Waals surface area contributed by atoms with Gasteiger partial charge < -0.3 is 10.3 Å². The van der Waals surface area contributed by atoms with Crippen LogP contribution in [-0.4, -0.2) is 20.9 Å².